The van der Waals surface area contributed by atoms with Crippen LogP contribution in [0.25, 0.3) is 0 Å². The van der Waals surface area contributed by atoms with Crippen LogP contribution in [0.4, 0.5) is 0 Å². The monoisotopic (exact) mass is 224 g/mol. The first-order chi connectivity index (χ1) is 6.04. The Kier molecular flexibility index (Phi) is 5.15. The Hall–Kier alpha value is -0.550. The van der Waals surface area contributed by atoms with Crippen molar-refractivity contribution in [1.82, 2.24) is 0 Å². The molecule has 0 amide bonds. The Morgan fingerprint density at radius 3 is 2.14 bits per heavy atom. The molecule has 0 saturated carbocycles. The Labute approximate surface area is 108 Å². The second kappa shape index (κ2) is 5.36. The van der Waals surface area contributed by atoms with E-state index in [0.29, 0.717) is 0 Å². The molecular weight excluding hydrogens is 219 g/mol. The van der Waals surface area contributed by atoms with Gasteiger partial charge in [-0.15, -0.1) is 0 Å². The predicted molar refractivity (Wildman–Crippen MR) is 46.5 cm³/mol. The summed E-state index contributed by atoms with van der Waals surface area (Å²) >= 11 is 5.52. The van der Waals surface area contributed by atoms with Gasteiger partial charge in [0.1, 0.15) is 0 Å². The van der Waals surface area contributed by atoms with Gasteiger partial charge in [-0.25, -0.2) is 9.59 Å². The van der Waals surface area contributed by atoms with Crippen molar-refractivity contribution < 1.29 is 50.8 Å². The molecule has 0 fully saturated rings. The van der Waals surface area contributed by atoms with E-state index in [2.05, 4.69) is 0 Å². The number of rotatable bonds is 2. The van der Waals surface area contributed by atoms with Gasteiger partial charge in [-0.3, -0.25) is 0 Å². The average molecular weight is 225 g/mol. The maximum Gasteiger partial charge on any atom is 1.00 e. The number of benzene rings is 1. The maximum atomic E-state index is 10.6. The van der Waals surface area contributed by atoms with E-state index < -0.39 is 11.9 Å². The third-order valence-electron chi connectivity index (χ3n) is 1.46. The quantitative estimate of drug-likeness (QED) is 0.623. The van der Waals surface area contributed by atoms with Crippen molar-refractivity contribution in [2.75, 3.05) is 0 Å². The number of hydrogen-bond donors (Lipinski definition) is 2. The molecule has 70 valence electrons. The van der Waals surface area contributed by atoms with E-state index in [-0.39, 0.29) is 47.1 Å². The largest absolute Gasteiger partial charge is 1.00 e. The summed E-state index contributed by atoms with van der Waals surface area (Å²) in [5.74, 6) is -2.65. The van der Waals surface area contributed by atoms with E-state index in [0.717, 1.165) is 0 Å². The van der Waals surface area contributed by atoms with Crippen LogP contribution in [0, 0.1) is 0 Å². The standard InChI is InChI=1S/C8H5ClO4.Na.H/c9-5-3-1-2-4(7(10)11)6(5)8(12)13;;/h1-3H,(H,10,11)(H,12,13);;/q;+1;-1. The molecule has 0 bridgehead atoms. The number of hydrogen-bond acceptors (Lipinski definition) is 2. The normalized spacial score (nSPS) is 8.93. The fourth-order valence-electron chi connectivity index (χ4n) is 0.920. The van der Waals surface area contributed by atoms with Crippen LogP contribution in [0.15, 0.2) is 18.2 Å². The van der Waals surface area contributed by atoms with E-state index in [1.807, 2.05) is 0 Å². The SMILES string of the molecule is O=C(O)c1cccc(Cl)c1C(=O)O.[H-].[Na+]. The van der Waals surface area contributed by atoms with Crippen molar-refractivity contribution in [3.8, 4) is 0 Å². The van der Waals surface area contributed by atoms with Crippen LogP contribution in [-0.4, -0.2) is 22.2 Å². The van der Waals surface area contributed by atoms with E-state index in [4.69, 9.17) is 21.8 Å². The Morgan fingerprint density at radius 2 is 1.79 bits per heavy atom. The minimum Gasteiger partial charge on any atom is -1.00 e. The average Bonchev–Trinajstić information content (AvgIpc) is 2.02. The van der Waals surface area contributed by atoms with Crippen LogP contribution in [0.1, 0.15) is 22.1 Å². The third kappa shape index (κ3) is 2.72. The summed E-state index contributed by atoms with van der Waals surface area (Å²) in [6.07, 6.45) is 0. The molecule has 0 heterocycles. The molecule has 1 aromatic carbocycles. The molecule has 0 aromatic heterocycles. The van der Waals surface area contributed by atoms with Crippen molar-refractivity contribution in [1.29, 1.82) is 0 Å². The van der Waals surface area contributed by atoms with Crippen LogP contribution in [-0.2, 0) is 0 Å². The molecule has 0 aliphatic carbocycles. The first-order valence-electron chi connectivity index (χ1n) is 3.29. The topological polar surface area (TPSA) is 74.6 Å². The van der Waals surface area contributed by atoms with Gasteiger partial charge < -0.3 is 11.6 Å². The smallest absolute Gasteiger partial charge is 1.00 e. The number of carbonyl (C=O) groups is 2. The number of carboxylic acid groups (broad SMARTS) is 2. The first-order valence-corrected chi connectivity index (χ1v) is 3.67. The minimum absolute atomic E-state index is 0. The zero-order chi connectivity index (χ0) is 10.0. The van der Waals surface area contributed by atoms with Crippen molar-refractivity contribution in [3.63, 3.8) is 0 Å². The molecule has 0 aliphatic heterocycles. The van der Waals surface area contributed by atoms with Gasteiger partial charge in [-0.2, -0.15) is 0 Å². The van der Waals surface area contributed by atoms with Crippen molar-refractivity contribution in [2.24, 2.45) is 0 Å². The molecule has 1 rings (SSSR count). The fraction of sp³-hybridized carbons (Fsp3) is 0. The zero-order valence-electron chi connectivity index (χ0n) is 8.32. The molecular formula is C8H6ClNaO4. The number of aromatic carboxylic acids is 2. The van der Waals surface area contributed by atoms with Crippen LogP contribution in [0.5, 0.6) is 0 Å². The van der Waals surface area contributed by atoms with Gasteiger partial charge in [0, 0.05) is 0 Å². The second-order valence-corrected chi connectivity index (χ2v) is 2.68. The first kappa shape index (κ1) is 13.4. The number of halogens is 1. The van der Waals surface area contributed by atoms with Gasteiger partial charge in [0.2, 0.25) is 0 Å². The van der Waals surface area contributed by atoms with Crippen LogP contribution in [0.3, 0.4) is 0 Å². The summed E-state index contributed by atoms with van der Waals surface area (Å²) in [4.78, 5) is 21.2. The summed E-state index contributed by atoms with van der Waals surface area (Å²) in [5.41, 5.74) is -0.684. The summed E-state index contributed by atoms with van der Waals surface area (Å²) < 4.78 is 0. The van der Waals surface area contributed by atoms with Crippen molar-refractivity contribution in [2.45, 2.75) is 0 Å². The molecule has 0 aliphatic rings. The molecule has 6 heteroatoms. The van der Waals surface area contributed by atoms with Gasteiger partial charge in [-0.05, 0) is 12.1 Å². The van der Waals surface area contributed by atoms with Crippen molar-refractivity contribution >= 4 is 23.5 Å². The van der Waals surface area contributed by atoms with E-state index in [9.17, 15) is 9.59 Å². The summed E-state index contributed by atoms with van der Waals surface area (Å²) in [5, 5.41) is 17.2. The molecule has 0 spiro atoms. The van der Waals surface area contributed by atoms with Gasteiger partial charge >= 0.3 is 41.5 Å². The van der Waals surface area contributed by atoms with Crippen LogP contribution < -0.4 is 29.6 Å². The van der Waals surface area contributed by atoms with Gasteiger partial charge in [0.25, 0.3) is 0 Å². The number of carboxylic acids is 2. The molecule has 2 N–H and O–H groups in total. The Bertz CT molecular complexity index is 383. The summed E-state index contributed by atoms with van der Waals surface area (Å²) in [6, 6.07) is 3.91. The molecule has 14 heavy (non-hydrogen) atoms. The fourth-order valence-corrected chi connectivity index (χ4v) is 1.18. The van der Waals surface area contributed by atoms with E-state index in [1.54, 1.807) is 0 Å². The van der Waals surface area contributed by atoms with Gasteiger partial charge in [-0.1, -0.05) is 17.7 Å². The van der Waals surface area contributed by atoms with Crippen molar-refractivity contribution in [3.05, 3.63) is 34.3 Å². The van der Waals surface area contributed by atoms with E-state index in [1.165, 1.54) is 18.2 Å². The summed E-state index contributed by atoms with van der Waals surface area (Å²) in [6.45, 7) is 0. The molecule has 1 aromatic rings. The van der Waals surface area contributed by atoms with E-state index >= 15 is 0 Å². The molecule has 0 radical (unpaired) electrons. The molecule has 0 unspecified atom stereocenters. The third-order valence-corrected chi connectivity index (χ3v) is 1.77. The maximum absolute atomic E-state index is 10.6. The molecule has 0 saturated heterocycles. The summed E-state index contributed by atoms with van der Waals surface area (Å²) in [7, 11) is 0. The zero-order valence-corrected chi connectivity index (χ0v) is 10.1. The van der Waals surface area contributed by atoms with Gasteiger partial charge in [0.15, 0.2) is 0 Å². The Balaban J connectivity index is 0. The molecule has 0 atom stereocenters. The van der Waals surface area contributed by atoms with Crippen LogP contribution in [0.2, 0.25) is 5.02 Å². The molecule has 4 nitrogen and oxygen atoms in total. The van der Waals surface area contributed by atoms with Crippen LogP contribution >= 0.6 is 11.6 Å². The van der Waals surface area contributed by atoms with Gasteiger partial charge in [0.05, 0.1) is 16.1 Å². The Morgan fingerprint density at radius 1 is 1.21 bits per heavy atom. The predicted octanol–water partition coefficient (Wildman–Crippen LogP) is -1.15. The minimum atomic E-state index is -1.34. The second-order valence-electron chi connectivity index (χ2n) is 2.27.